The predicted molar refractivity (Wildman–Crippen MR) is 113 cm³/mol. The van der Waals surface area contributed by atoms with Gasteiger partial charge in [0, 0.05) is 33.9 Å². The van der Waals surface area contributed by atoms with Crippen molar-refractivity contribution in [1.29, 1.82) is 0 Å². The van der Waals surface area contributed by atoms with Gasteiger partial charge in [0.1, 0.15) is 5.82 Å². The van der Waals surface area contributed by atoms with Gasteiger partial charge < -0.3 is 4.90 Å². The quantitative estimate of drug-likeness (QED) is 0.504. The molecule has 1 amide bonds. The Hall–Kier alpha value is -2.98. The Morgan fingerprint density at radius 2 is 1.83 bits per heavy atom. The number of rotatable bonds is 3. The Labute approximate surface area is 173 Å². The number of carbonyl (C=O) groups excluding carboxylic acids is 2. The lowest BCUT2D eigenvalue weighted by Gasteiger charge is -2.30. The minimum absolute atomic E-state index is 0.0206. The van der Waals surface area contributed by atoms with Gasteiger partial charge >= 0.3 is 0 Å². The van der Waals surface area contributed by atoms with Crippen molar-refractivity contribution in [3.8, 4) is 11.1 Å². The molecule has 3 nitrogen and oxygen atoms in total. The van der Waals surface area contributed by atoms with Gasteiger partial charge in [-0.25, -0.2) is 4.39 Å². The number of ketones is 1. The van der Waals surface area contributed by atoms with Crippen molar-refractivity contribution in [2.75, 3.05) is 11.4 Å². The summed E-state index contributed by atoms with van der Waals surface area (Å²) in [7, 11) is 0. The second-order valence-corrected chi connectivity index (χ2v) is 7.57. The van der Waals surface area contributed by atoms with E-state index in [1.54, 1.807) is 35.2 Å². The molecule has 0 fully saturated rings. The first-order valence-corrected chi connectivity index (χ1v) is 9.83. The maximum absolute atomic E-state index is 13.6. The summed E-state index contributed by atoms with van der Waals surface area (Å²) >= 11 is 6.38. The van der Waals surface area contributed by atoms with Crippen LogP contribution in [0.4, 0.5) is 10.1 Å². The van der Waals surface area contributed by atoms with E-state index in [1.807, 2.05) is 18.2 Å². The van der Waals surface area contributed by atoms with Crippen LogP contribution in [0.5, 0.6) is 0 Å². The standard InChI is InChI=1S/C24H19ClFNO2/c1-15(28)16-7-9-22(25)21(14-16)17-8-10-23-18(12-17)5-3-11-27(23)24(29)19-4-2-6-20(26)13-19/h2,4,6-10,12-14H,3,5,11H2,1H3. The van der Waals surface area contributed by atoms with Gasteiger partial charge in [-0.3, -0.25) is 9.59 Å². The molecule has 0 bridgehead atoms. The van der Waals surface area contributed by atoms with Crippen LogP contribution in [-0.2, 0) is 6.42 Å². The third-order valence-electron chi connectivity index (χ3n) is 5.20. The van der Waals surface area contributed by atoms with Gasteiger partial charge in [0.25, 0.3) is 5.91 Å². The number of hydrogen-bond donors (Lipinski definition) is 0. The van der Waals surface area contributed by atoms with Crippen molar-refractivity contribution in [1.82, 2.24) is 0 Å². The van der Waals surface area contributed by atoms with Crippen molar-refractivity contribution in [2.45, 2.75) is 19.8 Å². The number of halogens is 2. The van der Waals surface area contributed by atoms with E-state index in [0.717, 1.165) is 35.2 Å². The maximum Gasteiger partial charge on any atom is 0.258 e. The third kappa shape index (κ3) is 3.81. The first-order valence-electron chi connectivity index (χ1n) is 9.45. The molecule has 0 aliphatic carbocycles. The number of anilines is 1. The first-order chi connectivity index (χ1) is 13.9. The van der Waals surface area contributed by atoms with Crippen LogP contribution in [0.3, 0.4) is 0 Å². The smallest absolute Gasteiger partial charge is 0.258 e. The Bertz CT molecular complexity index is 1130. The fourth-order valence-corrected chi connectivity index (χ4v) is 3.95. The highest BCUT2D eigenvalue weighted by atomic mass is 35.5. The van der Waals surface area contributed by atoms with Crippen LogP contribution < -0.4 is 4.90 Å². The van der Waals surface area contributed by atoms with Crippen LogP contribution >= 0.6 is 11.6 Å². The molecule has 3 aromatic rings. The molecule has 1 heterocycles. The van der Waals surface area contributed by atoms with Crippen molar-refractivity contribution in [2.24, 2.45) is 0 Å². The number of amides is 1. The average Bonchev–Trinajstić information content (AvgIpc) is 2.72. The SMILES string of the molecule is CC(=O)c1ccc(Cl)c(-c2ccc3c(c2)CCCN3C(=O)c2cccc(F)c2)c1. The number of aryl methyl sites for hydroxylation is 1. The van der Waals surface area contributed by atoms with Gasteiger partial charge in [-0.05, 0) is 79.4 Å². The number of Topliss-reactive ketones (excluding diaryl/α,β-unsaturated/α-hetero) is 1. The maximum atomic E-state index is 13.6. The van der Waals surface area contributed by atoms with Crippen molar-refractivity contribution in [3.63, 3.8) is 0 Å². The Morgan fingerprint density at radius 1 is 1.00 bits per heavy atom. The fourth-order valence-electron chi connectivity index (χ4n) is 3.72. The molecule has 5 heteroatoms. The van der Waals surface area contributed by atoms with E-state index in [4.69, 9.17) is 11.6 Å². The topological polar surface area (TPSA) is 37.4 Å². The van der Waals surface area contributed by atoms with Gasteiger partial charge in [-0.15, -0.1) is 0 Å². The molecule has 0 N–H and O–H groups in total. The third-order valence-corrected chi connectivity index (χ3v) is 5.53. The highest BCUT2D eigenvalue weighted by Gasteiger charge is 2.24. The Morgan fingerprint density at radius 3 is 2.59 bits per heavy atom. The summed E-state index contributed by atoms with van der Waals surface area (Å²) in [6, 6.07) is 16.8. The zero-order chi connectivity index (χ0) is 20.5. The summed E-state index contributed by atoms with van der Waals surface area (Å²) in [5.41, 5.74) is 4.48. The van der Waals surface area contributed by atoms with E-state index in [0.29, 0.717) is 22.7 Å². The number of nitrogens with zero attached hydrogens (tertiary/aromatic N) is 1. The summed E-state index contributed by atoms with van der Waals surface area (Å²) in [6.45, 7) is 2.11. The molecule has 0 aromatic heterocycles. The zero-order valence-electron chi connectivity index (χ0n) is 15.9. The highest BCUT2D eigenvalue weighted by molar-refractivity contribution is 6.33. The van der Waals surface area contributed by atoms with E-state index in [1.165, 1.54) is 19.1 Å². The lowest BCUT2D eigenvalue weighted by Crippen LogP contribution is -2.35. The van der Waals surface area contributed by atoms with Crippen LogP contribution in [0.15, 0.2) is 60.7 Å². The zero-order valence-corrected chi connectivity index (χ0v) is 16.7. The highest BCUT2D eigenvalue weighted by Crippen LogP contribution is 2.35. The van der Waals surface area contributed by atoms with Crippen molar-refractivity contribution in [3.05, 3.63) is 88.2 Å². The molecular formula is C24H19ClFNO2. The van der Waals surface area contributed by atoms with Gasteiger partial charge in [-0.2, -0.15) is 0 Å². The number of benzene rings is 3. The van der Waals surface area contributed by atoms with E-state index in [2.05, 4.69) is 0 Å². The lowest BCUT2D eigenvalue weighted by atomic mass is 9.94. The second-order valence-electron chi connectivity index (χ2n) is 7.16. The lowest BCUT2D eigenvalue weighted by molar-refractivity contribution is 0.0982. The predicted octanol–water partition coefficient (Wildman–Crippen LogP) is 5.94. The summed E-state index contributed by atoms with van der Waals surface area (Å²) in [5, 5.41) is 0.568. The summed E-state index contributed by atoms with van der Waals surface area (Å²) in [4.78, 5) is 26.4. The van der Waals surface area contributed by atoms with Crippen LogP contribution in [-0.4, -0.2) is 18.2 Å². The number of carbonyl (C=O) groups is 2. The van der Waals surface area contributed by atoms with E-state index >= 15 is 0 Å². The first kappa shape index (κ1) is 19.3. The molecule has 0 atom stereocenters. The molecule has 0 spiro atoms. The van der Waals surface area contributed by atoms with E-state index in [9.17, 15) is 14.0 Å². The molecular weight excluding hydrogens is 389 g/mol. The van der Waals surface area contributed by atoms with Crippen LogP contribution in [0, 0.1) is 5.82 Å². The van der Waals surface area contributed by atoms with Crippen molar-refractivity contribution < 1.29 is 14.0 Å². The fraction of sp³-hybridized carbons (Fsp3) is 0.167. The van der Waals surface area contributed by atoms with Gasteiger partial charge in [0.05, 0.1) is 0 Å². The number of hydrogen-bond acceptors (Lipinski definition) is 2. The van der Waals surface area contributed by atoms with E-state index in [-0.39, 0.29) is 11.7 Å². The molecule has 0 radical (unpaired) electrons. The van der Waals surface area contributed by atoms with E-state index < -0.39 is 5.82 Å². The molecule has 1 aliphatic heterocycles. The van der Waals surface area contributed by atoms with Crippen LogP contribution in [0.1, 0.15) is 39.6 Å². The molecule has 0 unspecified atom stereocenters. The number of fused-ring (bicyclic) bond motifs is 1. The summed E-state index contributed by atoms with van der Waals surface area (Å²) in [6.07, 6.45) is 1.65. The second kappa shape index (κ2) is 7.80. The minimum atomic E-state index is -0.427. The molecule has 1 aliphatic rings. The Kier molecular flexibility index (Phi) is 5.20. The molecule has 0 saturated heterocycles. The van der Waals surface area contributed by atoms with Gasteiger partial charge in [-0.1, -0.05) is 23.7 Å². The monoisotopic (exact) mass is 407 g/mol. The van der Waals surface area contributed by atoms with Gasteiger partial charge in [0.2, 0.25) is 0 Å². The van der Waals surface area contributed by atoms with Gasteiger partial charge in [0.15, 0.2) is 5.78 Å². The summed E-state index contributed by atoms with van der Waals surface area (Å²) < 4.78 is 13.6. The molecule has 4 rings (SSSR count). The minimum Gasteiger partial charge on any atom is -0.308 e. The summed E-state index contributed by atoms with van der Waals surface area (Å²) in [5.74, 6) is -0.661. The largest absolute Gasteiger partial charge is 0.308 e. The van der Waals surface area contributed by atoms with Crippen LogP contribution in [0.25, 0.3) is 11.1 Å². The Balaban J connectivity index is 1.72. The molecule has 146 valence electrons. The molecule has 3 aromatic carbocycles. The molecule has 0 saturated carbocycles. The normalized spacial score (nSPS) is 13.1. The average molecular weight is 408 g/mol. The van der Waals surface area contributed by atoms with Crippen molar-refractivity contribution >= 4 is 29.0 Å². The van der Waals surface area contributed by atoms with Crippen LogP contribution in [0.2, 0.25) is 5.02 Å². The molecule has 29 heavy (non-hydrogen) atoms.